The summed E-state index contributed by atoms with van der Waals surface area (Å²) in [7, 11) is 0. The molecule has 0 N–H and O–H groups in total. The zero-order valence-corrected chi connectivity index (χ0v) is 13.6. The van der Waals surface area contributed by atoms with E-state index < -0.39 is 5.41 Å². The minimum Gasteiger partial charge on any atom is -0.465 e. The van der Waals surface area contributed by atoms with Crippen LogP contribution in [-0.2, 0) is 19.1 Å². The Hall–Kier alpha value is -1.19. The first-order valence-electron chi connectivity index (χ1n) is 8.12. The normalized spacial score (nSPS) is 20.5. The summed E-state index contributed by atoms with van der Waals surface area (Å²) < 4.78 is 4.93. The predicted molar refractivity (Wildman–Crippen MR) is 80.9 cm³/mol. The minimum atomic E-state index is -0.796. The highest BCUT2D eigenvalue weighted by Crippen LogP contribution is 2.40. The maximum Gasteiger partial charge on any atom is 0.319 e. The van der Waals surface area contributed by atoms with Gasteiger partial charge in [0.05, 0.1) is 6.61 Å². The Kier molecular flexibility index (Phi) is 7.06. The van der Waals surface area contributed by atoms with Gasteiger partial charge in [0.2, 0.25) is 0 Å². The van der Waals surface area contributed by atoms with E-state index >= 15 is 0 Å². The van der Waals surface area contributed by atoms with Gasteiger partial charge in [0.15, 0.2) is 0 Å². The molecule has 4 heteroatoms. The van der Waals surface area contributed by atoms with Crippen LogP contribution in [0.3, 0.4) is 0 Å². The van der Waals surface area contributed by atoms with Crippen LogP contribution in [0.25, 0.3) is 0 Å². The molecular weight excluding hydrogens is 268 g/mol. The summed E-state index contributed by atoms with van der Waals surface area (Å²) in [6.07, 6.45) is 8.08. The van der Waals surface area contributed by atoms with E-state index in [0.29, 0.717) is 31.1 Å². The first-order valence-corrected chi connectivity index (χ1v) is 8.12. The lowest BCUT2D eigenvalue weighted by Gasteiger charge is -2.22. The maximum atomic E-state index is 11.6. The fraction of sp³-hybridized carbons (Fsp3) is 0.824. The molecule has 0 heterocycles. The summed E-state index contributed by atoms with van der Waals surface area (Å²) in [5.74, 6) is 0.459. The number of ketones is 2. The van der Waals surface area contributed by atoms with Crippen molar-refractivity contribution in [3.05, 3.63) is 0 Å². The van der Waals surface area contributed by atoms with Gasteiger partial charge in [0.25, 0.3) is 0 Å². The molecule has 0 spiro atoms. The van der Waals surface area contributed by atoms with Gasteiger partial charge in [-0.05, 0) is 46.5 Å². The lowest BCUT2D eigenvalue weighted by atomic mass is 9.82. The number of Topliss-reactive ketones (excluding diaryl/α,β-unsaturated/α-hetero) is 2. The second-order valence-electron chi connectivity index (χ2n) is 6.16. The van der Waals surface area contributed by atoms with Crippen LogP contribution in [0.1, 0.15) is 72.1 Å². The molecule has 0 amide bonds. The van der Waals surface area contributed by atoms with Gasteiger partial charge in [-0.25, -0.2) is 0 Å². The second-order valence-corrected chi connectivity index (χ2v) is 6.16. The van der Waals surface area contributed by atoms with Crippen LogP contribution in [0.15, 0.2) is 0 Å². The quantitative estimate of drug-likeness (QED) is 0.589. The zero-order chi connectivity index (χ0) is 15.9. The van der Waals surface area contributed by atoms with Crippen LogP contribution >= 0.6 is 0 Å². The van der Waals surface area contributed by atoms with E-state index in [1.165, 1.54) is 19.8 Å². The highest BCUT2D eigenvalue weighted by atomic mass is 16.5. The molecule has 0 aromatic heterocycles. The van der Waals surface area contributed by atoms with Crippen LogP contribution < -0.4 is 0 Å². The van der Waals surface area contributed by atoms with Gasteiger partial charge in [-0.15, -0.1) is 0 Å². The molecule has 120 valence electrons. The summed E-state index contributed by atoms with van der Waals surface area (Å²) in [5, 5.41) is 0. The number of carbonyl (C=O) groups excluding carboxylic acids is 3. The van der Waals surface area contributed by atoms with Crippen molar-refractivity contribution in [3.8, 4) is 0 Å². The molecular formula is C17H28O4. The third-order valence-corrected chi connectivity index (χ3v) is 4.73. The van der Waals surface area contributed by atoms with Crippen molar-refractivity contribution < 1.29 is 19.1 Å². The fourth-order valence-electron chi connectivity index (χ4n) is 3.28. The standard InChI is InChI=1S/C10H16O3.C7H12O/c1-3-13-9(12)10(8(2)11)6-4-5-7-10;1-6(8)7-4-2-3-5-7/h3-7H2,1-2H3;7H,2-5H2,1H3. The average molecular weight is 296 g/mol. The molecule has 2 fully saturated rings. The Morgan fingerprint density at radius 3 is 1.86 bits per heavy atom. The Morgan fingerprint density at radius 2 is 1.52 bits per heavy atom. The molecule has 2 aliphatic carbocycles. The lowest BCUT2D eigenvalue weighted by molar-refractivity contribution is -0.159. The molecule has 0 aromatic rings. The van der Waals surface area contributed by atoms with Crippen molar-refractivity contribution in [3.63, 3.8) is 0 Å². The molecule has 4 nitrogen and oxygen atoms in total. The Labute approximate surface area is 127 Å². The van der Waals surface area contributed by atoms with Crippen LogP contribution in [-0.4, -0.2) is 24.1 Å². The molecule has 2 aliphatic rings. The highest BCUT2D eigenvalue weighted by molar-refractivity contribution is 6.02. The van der Waals surface area contributed by atoms with E-state index in [4.69, 9.17) is 4.74 Å². The predicted octanol–water partition coefficient (Wildman–Crippen LogP) is 3.46. The maximum absolute atomic E-state index is 11.6. The Bertz CT molecular complexity index is 374. The molecule has 21 heavy (non-hydrogen) atoms. The summed E-state index contributed by atoms with van der Waals surface area (Å²) in [6.45, 7) is 5.31. The fourth-order valence-corrected chi connectivity index (χ4v) is 3.28. The lowest BCUT2D eigenvalue weighted by Crippen LogP contribution is -2.36. The Morgan fingerprint density at radius 1 is 1.00 bits per heavy atom. The molecule has 0 radical (unpaired) electrons. The summed E-state index contributed by atoms with van der Waals surface area (Å²) in [4.78, 5) is 33.6. The number of hydrogen-bond acceptors (Lipinski definition) is 4. The highest BCUT2D eigenvalue weighted by Gasteiger charge is 2.46. The van der Waals surface area contributed by atoms with Crippen molar-refractivity contribution in [1.82, 2.24) is 0 Å². The second kappa shape index (κ2) is 8.30. The van der Waals surface area contributed by atoms with Gasteiger partial charge in [0.1, 0.15) is 17.0 Å². The van der Waals surface area contributed by atoms with E-state index in [2.05, 4.69) is 0 Å². The number of hydrogen-bond donors (Lipinski definition) is 0. The van der Waals surface area contributed by atoms with Gasteiger partial charge in [-0.3, -0.25) is 14.4 Å². The van der Waals surface area contributed by atoms with Crippen LogP contribution in [0, 0.1) is 11.3 Å². The van der Waals surface area contributed by atoms with Gasteiger partial charge < -0.3 is 4.74 Å². The molecule has 0 aromatic carbocycles. The van der Waals surface area contributed by atoms with Crippen LogP contribution in [0.5, 0.6) is 0 Å². The van der Waals surface area contributed by atoms with Crippen molar-refractivity contribution in [2.45, 2.75) is 72.1 Å². The van der Waals surface area contributed by atoms with E-state index in [0.717, 1.165) is 25.7 Å². The number of rotatable bonds is 4. The van der Waals surface area contributed by atoms with E-state index in [-0.39, 0.29) is 11.8 Å². The average Bonchev–Trinajstić information content (AvgIpc) is 3.12. The molecule has 2 saturated carbocycles. The molecule has 0 bridgehead atoms. The first kappa shape index (κ1) is 17.9. The van der Waals surface area contributed by atoms with Gasteiger partial charge >= 0.3 is 5.97 Å². The molecule has 0 saturated heterocycles. The first-order chi connectivity index (χ1) is 9.94. The van der Waals surface area contributed by atoms with Gasteiger partial charge in [-0.1, -0.05) is 25.7 Å². The van der Waals surface area contributed by atoms with E-state index in [1.54, 1.807) is 13.8 Å². The van der Waals surface area contributed by atoms with Crippen molar-refractivity contribution in [2.24, 2.45) is 11.3 Å². The minimum absolute atomic E-state index is 0.0385. The Balaban J connectivity index is 0.000000235. The van der Waals surface area contributed by atoms with Crippen LogP contribution in [0.4, 0.5) is 0 Å². The summed E-state index contributed by atoms with van der Waals surface area (Å²) >= 11 is 0. The number of carbonyl (C=O) groups is 3. The monoisotopic (exact) mass is 296 g/mol. The third kappa shape index (κ3) is 4.65. The van der Waals surface area contributed by atoms with Crippen molar-refractivity contribution in [2.75, 3.05) is 6.61 Å². The van der Waals surface area contributed by atoms with E-state index in [9.17, 15) is 14.4 Å². The van der Waals surface area contributed by atoms with Gasteiger partial charge in [0, 0.05) is 5.92 Å². The molecule has 2 rings (SSSR count). The zero-order valence-electron chi connectivity index (χ0n) is 13.6. The van der Waals surface area contributed by atoms with Crippen molar-refractivity contribution >= 4 is 17.5 Å². The topological polar surface area (TPSA) is 60.4 Å². The SMILES string of the molecule is CC(=O)C1CCCC1.CCOC(=O)C1(C(C)=O)CCCC1. The molecule has 0 aliphatic heterocycles. The summed E-state index contributed by atoms with van der Waals surface area (Å²) in [5.41, 5.74) is -0.796. The summed E-state index contributed by atoms with van der Waals surface area (Å²) in [6, 6.07) is 0. The van der Waals surface area contributed by atoms with E-state index in [1.807, 2.05) is 0 Å². The smallest absolute Gasteiger partial charge is 0.319 e. The number of esters is 1. The molecule has 0 atom stereocenters. The van der Waals surface area contributed by atoms with Crippen molar-refractivity contribution in [1.29, 1.82) is 0 Å². The molecule has 0 unspecified atom stereocenters. The van der Waals surface area contributed by atoms with Gasteiger partial charge in [-0.2, -0.15) is 0 Å². The van der Waals surface area contributed by atoms with Crippen LogP contribution in [0.2, 0.25) is 0 Å². The largest absolute Gasteiger partial charge is 0.465 e. The third-order valence-electron chi connectivity index (χ3n) is 4.73. The number of ether oxygens (including phenoxy) is 1.